The first-order chi connectivity index (χ1) is 8.91. The lowest BCUT2D eigenvalue weighted by Crippen LogP contribution is -2.50. The predicted molar refractivity (Wildman–Crippen MR) is 59.6 cm³/mol. The Morgan fingerprint density at radius 3 is 1.95 bits per heavy atom. The summed E-state index contributed by atoms with van der Waals surface area (Å²) in [4.78, 5) is 0. The molecular weight excluding hydrogens is 289 g/mol. The minimum absolute atomic E-state index is 0.125. The van der Waals surface area contributed by atoms with E-state index in [1.807, 2.05) is 0 Å². The minimum Gasteiger partial charge on any atom is -0.194 e. The molecule has 0 nitrogen and oxygen atoms in total. The van der Waals surface area contributed by atoms with Crippen molar-refractivity contribution in [1.29, 1.82) is 0 Å². The van der Waals surface area contributed by atoms with Gasteiger partial charge in [-0.05, 0) is 17.9 Å². The quantitative estimate of drug-likeness (QED) is 0.687. The molecule has 0 aliphatic carbocycles. The molecule has 0 saturated heterocycles. The molecule has 0 spiro atoms. The largest absolute Gasteiger partial charge is 0.460 e. The fraction of sp³-hybridized carbons (Fsp3) is 0.462. The molecule has 1 rings (SSSR count). The van der Waals surface area contributed by atoms with Gasteiger partial charge in [-0.3, -0.25) is 0 Å². The zero-order chi connectivity index (χ0) is 15.8. The molecule has 1 aromatic carbocycles. The van der Waals surface area contributed by atoms with Crippen LogP contribution in [0, 0.1) is 12.8 Å². The van der Waals surface area contributed by atoms with Crippen molar-refractivity contribution >= 4 is 0 Å². The molecule has 0 heterocycles. The van der Waals surface area contributed by atoms with Crippen LogP contribution in [0.2, 0.25) is 0 Å². The Morgan fingerprint density at radius 2 is 1.50 bits per heavy atom. The highest BCUT2D eigenvalue weighted by Crippen LogP contribution is 2.52. The fourth-order valence-corrected chi connectivity index (χ4v) is 1.73. The highest BCUT2D eigenvalue weighted by Gasteiger charge is 2.73. The number of benzene rings is 1. The maximum atomic E-state index is 13.7. The molecular formula is C13H12F7. The van der Waals surface area contributed by atoms with Crippen molar-refractivity contribution in [3.63, 3.8) is 0 Å². The van der Waals surface area contributed by atoms with Crippen LogP contribution < -0.4 is 0 Å². The molecule has 0 amide bonds. The molecule has 113 valence electrons. The Bertz CT molecular complexity index is 460. The summed E-state index contributed by atoms with van der Waals surface area (Å²) < 4.78 is 89.8. The van der Waals surface area contributed by atoms with E-state index in [4.69, 9.17) is 0 Å². The van der Waals surface area contributed by atoms with Crippen LogP contribution >= 0.6 is 0 Å². The number of hydrogen-bond acceptors (Lipinski definition) is 0. The summed E-state index contributed by atoms with van der Waals surface area (Å²) in [5.74, 6) is -11.9. The third-order valence-corrected chi connectivity index (χ3v) is 2.67. The Kier molecular flexibility index (Phi) is 4.41. The van der Waals surface area contributed by atoms with Crippen molar-refractivity contribution in [2.75, 3.05) is 0 Å². The third-order valence-electron chi connectivity index (χ3n) is 2.67. The van der Waals surface area contributed by atoms with E-state index in [1.165, 1.54) is 13.0 Å². The second-order valence-corrected chi connectivity index (χ2v) is 4.61. The van der Waals surface area contributed by atoms with Gasteiger partial charge in [0.05, 0.1) is 0 Å². The molecule has 0 aromatic heterocycles. The number of alkyl halides is 7. The summed E-state index contributed by atoms with van der Waals surface area (Å²) in [5.41, 5.74) is -1.60. The Morgan fingerprint density at radius 1 is 1.00 bits per heavy atom. The van der Waals surface area contributed by atoms with Gasteiger partial charge in [0.2, 0.25) is 0 Å². The number of hydrogen-bond donors (Lipinski definition) is 0. The second kappa shape index (κ2) is 5.26. The van der Waals surface area contributed by atoms with Crippen LogP contribution in [0.5, 0.6) is 0 Å². The van der Waals surface area contributed by atoms with Crippen LogP contribution in [0.4, 0.5) is 30.7 Å². The monoisotopic (exact) mass is 301 g/mol. The third kappa shape index (κ3) is 2.91. The zero-order valence-electron chi connectivity index (χ0n) is 10.4. The van der Waals surface area contributed by atoms with Crippen LogP contribution in [0.15, 0.2) is 24.3 Å². The molecule has 0 aliphatic heterocycles. The van der Waals surface area contributed by atoms with Gasteiger partial charge in [-0.1, -0.05) is 38.1 Å². The van der Waals surface area contributed by atoms with Gasteiger partial charge in [0.15, 0.2) is 0 Å². The summed E-state index contributed by atoms with van der Waals surface area (Å²) in [6, 6.07) is 3.96. The average molecular weight is 301 g/mol. The molecule has 7 heteroatoms. The van der Waals surface area contributed by atoms with E-state index in [-0.39, 0.29) is 12.0 Å². The Labute approximate surface area is 111 Å². The standard InChI is InChI=1S/C13H12F7/c1-8(2)7-9-5-3-4-6-10(9)11(14,15)12(16,17)13(18,19)20/h3-6,8H,1,7H2,2H3. The molecule has 0 N–H and O–H groups in total. The predicted octanol–water partition coefficient (Wildman–Crippen LogP) is 4.99. The summed E-state index contributed by atoms with van der Waals surface area (Å²) in [5, 5.41) is 0. The molecule has 0 bridgehead atoms. The van der Waals surface area contributed by atoms with Gasteiger partial charge in [-0.25, -0.2) is 0 Å². The number of rotatable bonds is 4. The highest BCUT2D eigenvalue weighted by atomic mass is 19.4. The van der Waals surface area contributed by atoms with E-state index < -0.39 is 29.5 Å². The van der Waals surface area contributed by atoms with Gasteiger partial charge in [0.1, 0.15) is 0 Å². The number of halogens is 7. The summed E-state index contributed by atoms with van der Waals surface area (Å²) in [7, 11) is 0. The van der Waals surface area contributed by atoms with Crippen molar-refractivity contribution in [3.05, 3.63) is 42.3 Å². The molecule has 0 saturated carbocycles. The van der Waals surface area contributed by atoms with Crippen molar-refractivity contribution in [2.45, 2.75) is 31.4 Å². The molecule has 1 radical (unpaired) electrons. The van der Waals surface area contributed by atoms with Crippen molar-refractivity contribution in [3.8, 4) is 0 Å². The lowest BCUT2D eigenvalue weighted by Gasteiger charge is -2.30. The van der Waals surface area contributed by atoms with E-state index in [2.05, 4.69) is 6.92 Å². The van der Waals surface area contributed by atoms with E-state index in [0.29, 0.717) is 6.07 Å². The Hall–Kier alpha value is -1.27. The summed E-state index contributed by atoms with van der Waals surface area (Å²) in [6.07, 6.45) is -6.46. The van der Waals surface area contributed by atoms with Crippen LogP contribution in [0.1, 0.15) is 18.1 Å². The summed E-state index contributed by atoms with van der Waals surface area (Å²) in [6.45, 7) is 5.05. The normalized spacial score (nSPS) is 13.9. The SMILES string of the molecule is [CH2]C(C)Cc1ccccc1C(F)(F)C(F)(F)C(F)(F)F. The van der Waals surface area contributed by atoms with Gasteiger partial charge in [0, 0.05) is 5.56 Å². The molecule has 20 heavy (non-hydrogen) atoms. The van der Waals surface area contributed by atoms with Crippen molar-refractivity contribution < 1.29 is 30.7 Å². The molecule has 0 aliphatic rings. The highest BCUT2D eigenvalue weighted by molar-refractivity contribution is 5.33. The van der Waals surface area contributed by atoms with E-state index in [1.54, 1.807) is 0 Å². The Balaban J connectivity index is 3.35. The minimum atomic E-state index is -6.33. The summed E-state index contributed by atoms with van der Waals surface area (Å²) >= 11 is 0. The molecule has 1 unspecified atom stereocenters. The first kappa shape index (κ1) is 16.8. The maximum Gasteiger partial charge on any atom is 0.460 e. The van der Waals surface area contributed by atoms with Gasteiger partial charge in [-0.2, -0.15) is 30.7 Å². The smallest absolute Gasteiger partial charge is 0.194 e. The topological polar surface area (TPSA) is 0 Å². The lowest BCUT2D eigenvalue weighted by atomic mass is 9.91. The van der Waals surface area contributed by atoms with Gasteiger partial charge in [-0.15, -0.1) is 0 Å². The van der Waals surface area contributed by atoms with E-state index in [9.17, 15) is 30.7 Å². The molecule has 0 fully saturated rings. The van der Waals surface area contributed by atoms with Gasteiger partial charge >= 0.3 is 18.0 Å². The van der Waals surface area contributed by atoms with Gasteiger partial charge in [0.25, 0.3) is 0 Å². The van der Waals surface area contributed by atoms with Crippen LogP contribution in [-0.2, 0) is 12.3 Å². The van der Waals surface area contributed by atoms with Crippen molar-refractivity contribution in [1.82, 2.24) is 0 Å². The zero-order valence-corrected chi connectivity index (χ0v) is 10.4. The first-order valence-electron chi connectivity index (χ1n) is 5.65. The van der Waals surface area contributed by atoms with Crippen LogP contribution in [0.25, 0.3) is 0 Å². The fourth-order valence-electron chi connectivity index (χ4n) is 1.73. The van der Waals surface area contributed by atoms with Crippen LogP contribution in [-0.4, -0.2) is 12.1 Å². The first-order valence-corrected chi connectivity index (χ1v) is 5.65. The molecule has 1 atom stereocenters. The average Bonchev–Trinajstić information content (AvgIpc) is 2.26. The second-order valence-electron chi connectivity index (χ2n) is 4.61. The van der Waals surface area contributed by atoms with Crippen molar-refractivity contribution in [2.24, 2.45) is 5.92 Å². The van der Waals surface area contributed by atoms with Gasteiger partial charge < -0.3 is 0 Å². The lowest BCUT2D eigenvalue weighted by molar-refractivity contribution is -0.359. The maximum absolute atomic E-state index is 13.7. The van der Waals surface area contributed by atoms with E-state index >= 15 is 0 Å². The molecule has 1 aromatic rings. The van der Waals surface area contributed by atoms with Crippen LogP contribution in [0.3, 0.4) is 0 Å². The van der Waals surface area contributed by atoms with E-state index in [0.717, 1.165) is 12.1 Å².